The van der Waals surface area contributed by atoms with E-state index in [1.165, 1.54) is 6.92 Å². The Kier molecular flexibility index (Phi) is 9.83. The monoisotopic (exact) mass is 238 g/mol. The molecule has 8 heteroatoms. The third kappa shape index (κ3) is 10.9. The molecule has 0 aromatic carbocycles. The van der Waals surface area contributed by atoms with Gasteiger partial charge in [-0.3, -0.25) is 4.55 Å². The number of rotatable bonds is 6. The van der Waals surface area contributed by atoms with E-state index < -0.39 is 22.5 Å². The predicted molar refractivity (Wildman–Crippen MR) is 51.8 cm³/mol. The molecule has 1 unspecified atom stereocenters. The molecule has 0 aliphatic carbocycles. The number of aliphatic hydroxyl groups is 2. The van der Waals surface area contributed by atoms with E-state index in [4.69, 9.17) is 19.5 Å². The van der Waals surface area contributed by atoms with Crippen molar-refractivity contribution in [2.75, 3.05) is 12.4 Å². The number of hydrogen-bond donors (Lipinski definition) is 3. The van der Waals surface area contributed by atoms with E-state index in [9.17, 15) is 8.42 Å². The Balaban J connectivity index is 0. The summed E-state index contributed by atoms with van der Waals surface area (Å²) in [5.41, 5.74) is 0. The Morgan fingerprint density at radius 2 is 1.86 bits per heavy atom. The fraction of sp³-hybridized carbons (Fsp3) is 1.00. The summed E-state index contributed by atoms with van der Waals surface area (Å²) in [7, 11) is -3.95. The van der Waals surface area contributed by atoms with Gasteiger partial charge in [0.1, 0.15) is 6.10 Å². The van der Waals surface area contributed by atoms with Crippen molar-refractivity contribution in [3.05, 3.63) is 0 Å². The molecule has 1 atom stereocenters. The van der Waals surface area contributed by atoms with Crippen LogP contribution in [-0.2, 0) is 14.9 Å². The van der Waals surface area contributed by atoms with Crippen molar-refractivity contribution in [2.45, 2.75) is 25.7 Å². The SMILES string of the molecule is CC(OCCCS(=O)(=O)O)C(O)O.[NaH]. The van der Waals surface area contributed by atoms with Crippen LogP contribution in [0.3, 0.4) is 0 Å². The first-order valence-corrected chi connectivity index (χ1v) is 5.37. The van der Waals surface area contributed by atoms with E-state index in [0.717, 1.165) is 0 Å². The maximum absolute atomic E-state index is 10.2. The minimum atomic E-state index is -3.95. The van der Waals surface area contributed by atoms with Crippen LogP contribution in [0.1, 0.15) is 13.3 Å². The van der Waals surface area contributed by atoms with Gasteiger partial charge in [0.2, 0.25) is 0 Å². The van der Waals surface area contributed by atoms with Gasteiger partial charge in [0.25, 0.3) is 10.1 Å². The first-order valence-electron chi connectivity index (χ1n) is 3.76. The molecule has 14 heavy (non-hydrogen) atoms. The van der Waals surface area contributed by atoms with Gasteiger partial charge in [0.15, 0.2) is 6.29 Å². The van der Waals surface area contributed by atoms with Crippen LogP contribution >= 0.6 is 0 Å². The topological polar surface area (TPSA) is 104 Å². The molecule has 6 nitrogen and oxygen atoms in total. The molecule has 0 heterocycles. The number of aliphatic hydroxyl groups excluding tert-OH is 1. The van der Waals surface area contributed by atoms with Gasteiger partial charge in [-0.05, 0) is 13.3 Å². The molecule has 82 valence electrons. The van der Waals surface area contributed by atoms with Crippen LogP contribution in [0, 0.1) is 0 Å². The van der Waals surface area contributed by atoms with Crippen LogP contribution in [0.5, 0.6) is 0 Å². The van der Waals surface area contributed by atoms with Gasteiger partial charge in [-0.1, -0.05) is 0 Å². The summed E-state index contributed by atoms with van der Waals surface area (Å²) in [5, 5.41) is 17.1. The third-order valence-electron chi connectivity index (χ3n) is 1.35. The summed E-state index contributed by atoms with van der Waals surface area (Å²) < 4.78 is 33.6. The Labute approximate surface area is 105 Å². The first-order chi connectivity index (χ1) is 5.83. The molecular weight excluding hydrogens is 223 g/mol. The summed E-state index contributed by atoms with van der Waals surface area (Å²) in [6.45, 7) is 1.50. The zero-order valence-corrected chi connectivity index (χ0v) is 8.07. The second-order valence-electron chi connectivity index (χ2n) is 2.63. The van der Waals surface area contributed by atoms with Crippen molar-refractivity contribution in [3.63, 3.8) is 0 Å². The quantitative estimate of drug-likeness (QED) is 0.221. The van der Waals surface area contributed by atoms with E-state index in [0.29, 0.717) is 0 Å². The average Bonchev–Trinajstić information content (AvgIpc) is 1.95. The average molecular weight is 238 g/mol. The van der Waals surface area contributed by atoms with Gasteiger partial charge in [0, 0.05) is 6.61 Å². The van der Waals surface area contributed by atoms with Crippen molar-refractivity contribution in [1.29, 1.82) is 0 Å². The van der Waals surface area contributed by atoms with Crippen molar-refractivity contribution >= 4 is 39.7 Å². The molecule has 0 fully saturated rings. The van der Waals surface area contributed by atoms with E-state index >= 15 is 0 Å². The van der Waals surface area contributed by atoms with Crippen LogP contribution in [-0.4, -0.2) is 77.5 Å². The van der Waals surface area contributed by atoms with E-state index in [1.54, 1.807) is 0 Å². The van der Waals surface area contributed by atoms with Gasteiger partial charge >= 0.3 is 29.6 Å². The van der Waals surface area contributed by atoms with Crippen LogP contribution < -0.4 is 0 Å². The van der Waals surface area contributed by atoms with Crippen LogP contribution in [0.2, 0.25) is 0 Å². The Morgan fingerprint density at radius 1 is 1.36 bits per heavy atom. The van der Waals surface area contributed by atoms with Gasteiger partial charge in [-0.2, -0.15) is 8.42 Å². The van der Waals surface area contributed by atoms with Crippen molar-refractivity contribution in [3.8, 4) is 0 Å². The molecule has 0 bridgehead atoms. The summed E-state index contributed by atoms with van der Waals surface area (Å²) in [5.74, 6) is -0.388. The molecule has 0 saturated carbocycles. The van der Waals surface area contributed by atoms with Crippen LogP contribution in [0.4, 0.5) is 0 Å². The van der Waals surface area contributed by atoms with E-state index in [2.05, 4.69) is 0 Å². The molecule has 0 rings (SSSR count). The minimum absolute atomic E-state index is 0. The molecule has 0 amide bonds. The summed E-state index contributed by atoms with van der Waals surface area (Å²) in [4.78, 5) is 0. The Morgan fingerprint density at radius 3 is 2.21 bits per heavy atom. The summed E-state index contributed by atoms with van der Waals surface area (Å²) >= 11 is 0. The second kappa shape index (κ2) is 8.00. The zero-order chi connectivity index (χ0) is 10.5. The molecule has 0 aromatic rings. The Hall–Kier alpha value is 0.790. The standard InChI is InChI=1S/C6H14O6S.Na.H/c1-5(6(7)8)12-3-2-4-13(9,10)11;;/h5-8H,2-4H2,1H3,(H,9,10,11);;. The molecule has 3 N–H and O–H groups in total. The molecule has 0 spiro atoms. The molecule has 0 radical (unpaired) electrons. The fourth-order valence-corrected chi connectivity index (χ4v) is 1.08. The van der Waals surface area contributed by atoms with Crippen molar-refractivity contribution < 1.29 is 27.9 Å². The van der Waals surface area contributed by atoms with Gasteiger partial charge in [-0.15, -0.1) is 0 Å². The summed E-state index contributed by atoms with van der Waals surface area (Å²) in [6.07, 6.45) is -2.22. The Bertz CT molecular complexity index is 226. The van der Waals surface area contributed by atoms with Crippen molar-refractivity contribution in [2.24, 2.45) is 0 Å². The third-order valence-corrected chi connectivity index (χ3v) is 2.15. The van der Waals surface area contributed by atoms with Crippen LogP contribution in [0.25, 0.3) is 0 Å². The summed E-state index contributed by atoms with van der Waals surface area (Å²) in [6, 6.07) is 0. The predicted octanol–water partition coefficient (Wildman–Crippen LogP) is -1.67. The second-order valence-corrected chi connectivity index (χ2v) is 4.20. The van der Waals surface area contributed by atoms with Gasteiger partial charge in [-0.25, -0.2) is 0 Å². The molecule has 0 aliphatic heterocycles. The number of hydrogen-bond acceptors (Lipinski definition) is 5. The molecule has 0 saturated heterocycles. The molecule has 0 aromatic heterocycles. The van der Waals surface area contributed by atoms with Gasteiger partial charge < -0.3 is 14.9 Å². The van der Waals surface area contributed by atoms with Gasteiger partial charge in [0.05, 0.1) is 5.75 Å². The van der Waals surface area contributed by atoms with Crippen LogP contribution in [0.15, 0.2) is 0 Å². The maximum atomic E-state index is 10.2. The van der Waals surface area contributed by atoms with E-state index in [-0.39, 0.29) is 48.3 Å². The fourth-order valence-electron chi connectivity index (χ4n) is 0.597. The van der Waals surface area contributed by atoms with Crippen molar-refractivity contribution in [1.82, 2.24) is 0 Å². The number of ether oxygens (including phenoxy) is 1. The molecular formula is C6H15NaO6S. The normalized spacial score (nSPS) is 13.8. The zero-order valence-electron chi connectivity index (χ0n) is 7.25. The first kappa shape index (κ1) is 17.2. The molecule has 0 aliphatic rings. The van der Waals surface area contributed by atoms with E-state index in [1.807, 2.05) is 0 Å².